The molecule has 10 heteroatoms. The molecule has 36 heavy (non-hydrogen) atoms. The highest BCUT2D eigenvalue weighted by Gasteiger charge is 2.17. The minimum atomic E-state index is -0.529. The summed E-state index contributed by atoms with van der Waals surface area (Å²) in [6, 6.07) is 14.0. The van der Waals surface area contributed by atoms with Crippen molar-refractivity contribution in [2.24, 2.45) is 0 Å². The van der Waals surface area contributed by atoms with E-state index in [1.54, 1.807) is 41.8 Å². The van der Waals surface area contributed by atoms with Gasteiger partial charge in [-0.3, -0.25) is 23.5 Å². The van der Waals surface area contributed by atoms with Gasteiger partial charge in [0.15, 0.2) is 0 Å². The number of aldehydes is 1. The molecule has 0 fully saturated rings. The standard InChI is InChI=1S/C26H24ClN3O5S/c1-35-22-7-4-18(16-31)14-19(22)15-30-21-10-13-36-24(21)25(33)29(26(30)34)12-9-23(32)28-11-8-17-2-5-20(27)6-3-17/h2-7,10,13-14,16H,8-9,11-12,15H2,1H3,(H,28,32). The average Bonchev–Trinajstić information content (AvgIpc) is 3.38. The number of hydrogen-bond acceptors (Lipinski definition) is 6. The molecule has 4 rings (SSSR count). The normalized spacial score (nSPS) is 10.9. The number of thiophene rings is 1. The lowest BCUT2D eigenvalue weighted by Gasteiger charge is -2.14. The van der Waals surface area contributed by atoms with Crippen molar-refractivity contribution in [3.63, 3.8) is 0 Å². The van der Waals surface area contributed by atoms with Crippen LogP contribution in [0.15, 0.2) is 63.5 Å². The molecule has 0 saturated heterocycles. The Morgan fingerprint density at radius 2 is 1.89 bits per heavy atom. The number of aromatic nitrogens is 2. The zero-order valence-electron chi connectivity index (χ0n) is 19.5. The number of nitrogens with zero attached hydrogens (tertiary/aromatic N) is 2. The molecule has 1 amide bonds. The van der Waals surface area contributed by atoms with E-state index in [1.807, 2.05) is 12.1 Å². The van der Waals surface area contributed by atoms with Gasteiger partial charge in [0.2, 0.25) is 5.91 Å². The van der Waals surface area contributed by atoms with Crippen LogP contribution in [0.3, 0.4) is 0 Å². The molecule has 186 valence electrons. The number of hydrogen-bond donors (Lipinski definition) is 1. The van der Waals surface area contributed by atoms with Gasteiger partial charge in [-0.25, -0.2) is 4.79 Å². The lowest BCUT2D eigenvalue weighted by atomic mass is 10.1. The van der Waals surface area contributed by atoms with E-state index in [-0.39, 0.29) is 25.4 Å². The van der Waals surface area contributed by atoms with Gasteiger partial charge >= 0.3 is 5.69 Å². The van der Waals surface area contributed by atoms with Gasteiger partial charge in [-0.2, -0.15) is 0 Å². The number of fused-ring (bicyclic) bond motifs is 1. The molecule has 4 aromatic rings. The number of carbonyl (C=O) groups is 2. The molecule has 2 heterocycles. The Hall–Kier alpha value is -3.69. The van der Waals surface area contributed by atoms with Gasteiger partial charge in [0.05, 0.1) is 19.2 Å². The first kappa shape index (κ1) is 25.4. The van der Waals surface area contributed by atoms with Gasteiger partial charge in [-0.1, -0.05) is 23.7 Å². The summed E-state index contributed by atoms with van der Waals surface area (Å²) in [5.41, 5.74) is 1.65. The Morgan fingerprint density at radius 3 is 2.61 bits per heavy atom. The number of amides is 1. The summed E-state index contributed by atoms with van der Waals surface area (Å²) in [5, 5.41) is 5.22. The Labute approximate surface area is 215 Å². The molecular formula is C26H24ClN3O5S. The van der Waals surface area contributed by atoms with Crippen molar-refractivity contribution in [1.29, 1.82) is 0 Å². The van der Waals surface area contributed by atoms with Crippen LogP contribution in [0, 0.1) is 0 Å². The number of ether oxygens (including phenoxy) is 1. The van der Waals surface area contributed by atoms with Gasteiger partial charge < -0.3 is 10.1 Å². The van der Waals surface area contributed by atoms with Crippen molar-refractivity contribution in [3.8, 4) is 5.75 Å². The molecule has 0 spiro atoms. The quantitative estimate of drug-likeness (QED) is 0.319. The van der Waals surface area contributed by atoms with E-state index < -0.39 is 11.2 Å². The number of carbonyl (C=O) groups excluding carboxylic acids is 2. The Balaban J connectivity index is 1.53. The van der Waals surface area contributed by atoms with Crippen molar-refractivity contribution in [3.05, 3.63) is 96.5 Å². The number of nitrogens with one attached hydrogen (secondary N) is 1. The Bertz CT molecular complexity index is 1520. The molecule has 0 aliphatic rings. The summed E-state index contributed by atoms with van der Waals surface area (Å²) in [6.45, 7) is 0.477. The second-order valence-electron chi connectivity index (χ2n) is 8.13. The maximum Gasteiger partial charge on any atom is 0.331 e. The van der Waals surface area contributed by atoms with Crippen LogP contribution in [0.25, 0.3) is 10.2 Å². The molecule has 0 bridgehead atoms. The maximum atomic E-state index is 13.4. The fourth-order valence-corrected chi connectivity index (χ4v) is 4.92. The van der Waals surface area contributed by atoms with Gasteiger partial charge in [0.1, 0.15) is 16.7 Å². The fraction of sp³-hybridized carbons (Fsp3) is 0.231. The summed E-state index contributed by atoms with van der Waals surface area (Å²) in [6.07, 6.45) is 1.34. The number of methoxy groups -OCH3 is 1. The van der Waals surface area contributed by atoms with Crippen molar-refractivity contribution < 1.29 is 14.3 Å². The molecular weight excluding hydrogens is 502 g/mol. The highest BCUT2D eigenvalue weighted by atomic mass is 35.5. The van der Waals surface area contributed by atoms with E-state index in [4.69, 9.17) is 16.3 Å². The van der Waals surface area contributed by atoms with E-state index in [0.717, 1.165) is 16.4 Å². The third kappa shape index (κ3) is 5.58. The van der Waals surface area contributed by atoms with Crippen molar-refractivity contribution in [2.75, 3.05) is 13.7 Å². The number of benzene rings is 2. The Kier molecular flexibility index (Phi) is 8.02. The van der Waals surface area contributed by atoms with Crippen molar-refractivity contribution in [1.82, 2.24) is 14.5 Å². The molecule has 0 radical (unpaired) electrons. The smallest absolute Gasteiger partial charge is 0.331 e. The van der Waals surface area contributed by atoms with Crippen molar-refractivity contribution >= 4 is 45.3 Å². The highest BCUT2D eigenvalue weighted by Crippen LogP contribution is 2.22. The SMILES string of the molecule is COc1ccc(C=O)cc1Cn1c(=O)n(CCC(=O)NCCc2ccc(Cl)cc2)c(=O)c2sccc21. The monoisotopic (exact) mass is 525 g/mol. The maximum absolute atomic E-state index is 13.4. The van der Waals surface area contributed by atoms with Gasteiger partial charge in [0.25, 0.3) is 5.56 Å². The minimum absolute atomic E-state index is 0.0173. The summed E-state index contributed by atoms with van der Waals surface area (Å²) in [4.78, 5) is 50.1. The van der Waals surface area contributed by atoms with Crippen LogP contribution in [0.2, 0.25) is 5.02 Å². The third-order valence-electron chi connectivity index (χ3n) is 5.82. The minimum Gasteiger partial charge on any atom is -0.496 e. The van der Waals surface area contributed by atoms with Crippen LogP contribution >= 0.6 is 22.9 Å². The first-order valence-corrected chi connectivity index (χ1v) is 12.5. The highest BCUT2D eigenvalue weighted by molar-refractivity contribution is 7.17. The molecule has 2 aromatic carbocycles. The van der Waals surface area contributed by atoms with Crippen molar-refractivity contribution in [2.45, 2.75) is 25.9 Å². The predicted octanol–water partition coefficient (Wildman–Crippen LogP) is 3.50. The molecule has 0 unspecified atom stereocenters. The Morgan fingerprint density at radius 1 is 1.11 bits per heavy atom. The van der Waals surface area contributed by atoms with Crippen LogP contribution in [0.5, 0.6) is 5.75 Å². The third-order valence-corrected chi connectivity index (χ3v) is 6.96. The summed E-state index contributed by atoms with van der Waals surface area (Å²) < 4.78 is 8.38. The van der Waals surface area contributed by atoms with E-state index in [1.165, 1.54) is 23.0 Å². The molecule has 8 nitrogen and oxygen atoms in total. The van der Waals surface area contributed by atoms with Crippen LogP contribution in [-0.2, 0) is 24.3 Å². The lowest BCUT2D eigenvalue weighted by Crippen LogP contribution is -2.41. The van der Waals surface area contributed by atoms with Gasteiger partial charge in [-0.05, 0) is 53.8 Å². The van der Waals surface area contributed by atoms with Crippen LogP contribution in [-0.4, -0.2) is 35.0 Å². The summed E-state index contributed by atoms with van der Waals surface area (Å²) in [7, 11) is 1.51. The average molecular weight is 526 g/mol. The van der Waals surface area contributed by atoms with E-state index in [0.29, 0.717) is 45.1 Å². The molecule has 0 atom stereocenters. The van der Waals surface area contributed by atoms with E-state index in [2.05, 4.69) is 5.32 Å². The molecule has 0 aliphatic carbocycles. The number of rotatable bonds is 10. The van der Waals surface area contributed by atoms with E-state index in [9.17, 15) is 19.2 Å². The largest absolute Gasteiger partial charge is 0.496 e. The molecule has 1 N–H and O–H groups in total. The fourth-order valence-electron chi connectivity index (χ4n) is 3.95. The van der Waals surface area contributed by atoms with Gasteiger partial charge in [0, 0.05) is 35.7 Å². The second-order valence-corrected chi connectivity index (χ2v) is 9.48. The lowest BCUT2D eigenvalue weighted by molar-refractivity contribution is -0.121. The zero-order valence-corrected chi connectivity index (χ0v) is 21.1. The van der Waals surface area contributed by atoms with Crippen LogP contribution < -0.4 is 21.3 Å². The first-order chi connectivity index (χ1) is 17.4. The van der Waals surface area contributed by atoms with E-state index >= 15 is 0 Å². The number of halogens is 1. The zero-order chi connectivity index (χ0) is 25.7. The molecule has 0 saturated carbocycles. The molecule has 0 aliphatic heterocycles. The summed E-state index contributed by atoms with van der Waals surface area (Å²) >= 11 is 7.13. The van der Waals surface area contributed by atoms with Gasteiger partial charge in [-0.15, -0.1) is 11.3 Å². The predicted molar refractivity (Wildman–Crippen MR) is 141 cm³/mol. The topological polar surface area (TPSA) is 99.4 Å². The second kappa shape index (κ2) is 11.4. The van der Waals surface area contributed by atoms with Crippen LogP contribution in [0.4, 0.5) is 0 Å². The molecule has 2 aromatic heterocycles. The van der Waals surface area contributed by atoms with Crippen LogP contribution in [0.1, 0.15) is 27.9 Å². The first-order valence-electron chi connectivity index (χ1n) is 11.3. The summed E-state index contributed by atoms with van der Waals surface area (Å²) in [5.74, 6) is 0.266.